The zero-order valence-corrected chi connectivity index (χ0v) is 26.2. The Hall–Kier alpha value is -1.25. The third kappa shape index (κ3) is 8.66. The molecule has 0 bridgehead atoms. The fraction of sp³-hybridized carbons (Fsp3) is 0.625. The second-order valence-corrected chi connectivity index (χ2v) is 15.2. The van der Waals surface area contributed by atoms with Crippen molar-refractivity contribution in [3.8, 4) is 0 Å². The van der Waals surface area contributed by atoms with Crippen molar-refractivity contribution >= 4 is 8.60 Å². The molecular weight excluding hydrogens is 463 g/mol. The normalized spacial score (nSPS) is 13.5. The zero-order valence-electron chi connectivity index (χ0n) is 25.3. The van der Waals surface area contributed by atoms with Crippen LogP contribution in [0.2, 0.25) is 0 Å². The molecule has 0 aliphatic heterocycles. The van der Waals surface area contributed by atoms with Gasteiger partial charge < -0.3 is 13.6 Å². The minimum Gasteiger partial charge on any atom is -0.313 e. The van der Waals surface area contributed by atoms with Gasteiger partial charge in [-0.25, -0.2) is 0 Å². The Morgan fingerprint density at radius 1 is 0.528 bits per heavy atom. The lowest BCUT2D eigenvalue weighted by atomic mass is 9.78. The Labute approximate surface area is 223 Å². The van der Waals surface area contributed by atoms with E-state index in [0.717, 1.165) is 0 Å². The van der Waals surface area contributed by atoms with Gasteiger partial charge in [0.05, 0.1) is 19.8 Å². The second kappa shape index (κ2) is 11.6. The molecule has 0 saturated carbocycles. The Morgan fingerprint density at radius 3 is 1.17 bits per heavy atom. The van der Waals surface area contributed by atoms with Crippen LogP contribution in [0.1, 0.15) is 123 Å². The maximum atomic E-state index is 6.28. The predicted molar refractivity (Wildman–Crippen MR) is 156 cm³/mol. The summed E-state index contributed by atoms with van der Waals surface area (Å²) >= 11 is 0. The van der Waals surface area contributed by atoms with E-state index in [1.54, 1.807) is 0 Å². The maximum Gasteiger partial charge on any atom is 0.333 e. The van der Waals surface area contributed by atoms with Crippen molar-refractivity contribution in [2.24, 2.45) is 0 Å². The minimum atomic E-state index is -1.47. The van der Waals surface area contributed by atoms with Crippen LogP contribution in [0.15, 0.2) is 36.4 Å². The van der Waals surface area contributed by atoms with Crippen LogP contribution in [-0.4, -0.2) is 6.61 Å². The Bertz CT molecular complexity index is 919. The highest BCUT2D eigenvalue weighted by atomic mass is 31.2. The summed E-state index contributed by atoms with van der Waals surface area (Å²) < 4.78 is 18.5. The van der Waals surface area contributed by atoms with Crippen molar-refractivity contribution in [2.75, 3.05) is 6.61 Å². The van der Waals surface area contributed by atoms with Crippen LogP contribution < -0.4 is 0 Å². The Balaban J connectivity index is 2.24. The van der Waals surface area contributed by atoms with Crippen molar-refractivity contribution < 1.29 is 13.6 Å². The number of benzene rings is 2. The van der Waals surface area contributed by atoms with Gasteiger partial charge in [-0.05, 0) is 62.0 Å². The summed E-state index contributed by atoms with van der Waals surface area (Å²) in [5.74, 6) is 0. The van der Waals surface area contributed by atoms with Crippen molar-refractivity contribution in [1.29, 1.82) is 0 Å². The first-order chi connectivity index (χ1) is 16.3. The van der Waals surface area contributed by atoms with Gasteiger partial charge in [-0.15, -0.1) is 0 Å². The number of hydrogen-bond donors (Lipinski definition) is 0. The van der Waals surface area contributed by atoms with Crippen LogP contribution in [0.4, 0.5) is 0 Å². The van der Waals surface area contributed by atoms with E-state index in [4.69, 9.17) is 13.6 Å². The van der Waals surface area contributed by atoms with Gasteiger partial charge in [-0.3, -0.25) is 0 Å². The van der Waals surface area contributed by atoms with Gasteiger partial charge in [0.25, 0.3) is 0 Å². The van der Waals surface area contributed by atoms with E-state index in [-0.39, 0.29) is 21.7 Å². The largest absolute Gasteiger partial charge is 0.333 e. The molecule has 2 aromatic rings. The minimum absolute atomic E-state index is 0.0194. The van der Waals surface area contributed by atoms with E-state index < -0.39 is 8.60 Å². The average Bonchev–Trinajstić information content (AvgIpc) is 2.72. The van der Waals surface area contributed by atoms with E-state index in [0.29, 0.717) is 19.8 Å². The van der Waals surface area contributed by atoms with Crippen LogP contribution in [0.25, 0.3) is 0 Å². The van der Waals surface area contributed by atoms with Crippen molar-refractivity contribution in [1.82, 2.24) is 0 Å². The average molecular weight is 515 g/mol. The SMILES string of the molecule is CCOP(OCc1ccc(C(C)(C)C)cc1C(C)(C)C)OCc1ccc(C(C)(C)C)cc1C(C)(C)C. The molecule has 0 heterocycles. The third-order valence-electron chi connectivity index (χ3n) is 6.45. The number of hydrogen-bond acceptors (Lipinski definition) is 3. The van der Waals surface area contributed by atoms with Crippen LogP contribution >= 0.6 is 8.60 Å². The smallest absolute Gasteiger partial charge is 0.313 e. The Kier molecular flexibility index (Phi) is 10.0. The van der Waals surface area contributed by atoms with Crippen molar-refractivity contribution in [3.63, 3.8) is 0 Å². The fourth-order valence-corrected chi connectivity index (χ4v) is 5.12. The molecule has 0 unspecified atom stereocenters. The molecule has 202 valence electrons. The lowest BCUT2D eigenvalue weighted by Gasteiger charge is -2.28. The molecule has 0 fully saturated rings. The van der Waals surface area contributed by atoms with Crippen LogP contribution in [0.3, 0.4) is 0 Å². The molecule has 4 heteroatoms. The second-order valence-electron chi connectivity index (χ2n) is 13.9. The molecule has 0 aromatic heterocycles. The quantitative estimate of drug-likeness (QED) is 0.328. The van der Waals surface area contributed by atoms with Gasteiger partial charge in [-0.2, -0.15) is 0 Å². The highest BCUT2D eigenvalue weighted by Crippen LogP contribution is 2.43. The van der Waals surface area contributed by atoms with E-state index >= 15 is 0 Å². The van der Waals surface area contributed by atoms with E-state index in [9.17, 15) is 0 Å². The molecular formula is C32H51O3P. The molecule has 0 saturated heterocycles. The van der Waals surface area contributed by atoms with Gasteiger partial charge in [0.1, 0.15) is 0 Å². The Morgan fingerprint density at radius 2 is 0.889 bits per heavy atom. The highest BCUT2D eigenvalue weighted by Gasteiger charge is 2.25. The zero-order chi connectivity index (χ0) is 27.5. The van der Waals surface area contributed by atoms with Crippen molar-refractivity contribution in [2.45, 2.75) is 125 Å². The van der Waals surface area contributed by atoms with Crippen LogP contribution in [-0.2, 0) is 48.4 Å². The first-order valence-electron chi connectivity index (χ1n) is 13.3. The molecule has 0 radical (unpaired) electrons. The van der Waals surface area contributed by atoms with Crippen molar-refractivity contribution in [3.05, 3.63) is 69.8 Å². The summed E-state index contributed by atoms with van der Waals surface area (Å²) in [7, 11) is -1.47. The maximum absolute atomic E-state index is 6.28. The summed E-state index contributed by atoms with van der Waals surface area (Å²) in [6, 6.07) is 13.6. The molecule has 36 heavy (non-hydrogen) atoms. The van der Waals surface area contributed by atoms with Gasteiger partial charge >= 0.3 is 8.60 Å². The molecule has 0 aliphatic rings. The molecule has 0 aliphatic carbocycles. The topological polar surface area (TPSA) is 27.7 Å². The third-order valence-corrected chi connectivity index (χ3v) is 7.60. The molecule has 0 spiro atoms. The van der Waals surface area contributed by atoms with Crippen LogP contribution in [0, 0.1) is 0 Å². The molecule has 2 aromatic carbocycles. The molecule has 2 rings (SSSR count). The summed E-state index contributed by atoms with van der Waals surface area (Å²) in [6.45, 7) is 30.6. The number of rotatable bonds is 8. The fourth-order valence-electron chi connectivity index (χ4n) is 4.20. The summed E-state index contributed by atoms with van der Waals surface area (Å²) in [6.07, 6.45) is 0. The van der Waals surface area contributed by atoms with Gasteiger partial charge in [0, 0.05) is 0 Å². The molecule has 0 N–H and O–H groups in total. The summed E-state index contributed by atoms with van der Waals surface area (Å²) in [5.41, 5.74) is 7.94. The molecule has 0 amide bonds. The molecule has 3 nitrogen and oxygen atoms in total. The van der Waals surface area contributed by atoms with E-state index in [1.807, 2.05) is 6.92 Å². The standard InChI is InChI=1S/C32H51O3P/c1-14-33-36(34-21-23-15-17-25(29(2,3)4)19-27(23)31(8,9)10)35-22-24-16-18-26(30(5,6)7)20-28(24)32(11,12)13/h15-20H,14,21-22H2,1-13H3. The lowest BCUT2D eigenvalue weighted by molar-refractivity contribution is 0.153. The van der Waals surface area contributed by atoms with Crippen LogP contribution in [0.5, 0.6) is 0 Å². The highest BCUT2D eigenvalue weighted by molar-refractivity contribution is 7.41. The summed E-state index contributed by atoms with van der Waals surface area (Å²) in [4.78, 5) is 0. The lowest BCUT2D eigenvalue weighted by Crippen LogP contribution is -2.19. The predicted octanol–water partition coefficient (Wildman–Crippen LogP) is 9.87. The summed E-state index contributed by atoms with van der Waals surface area (Å²) in [5, 5.41) is 0. The first-order valence-corrected chi connectivity index (χ1v) is 14.4. The van der Waals surface area contributed by atoms with Gasteiger partial charge in [-0.1, -0.05) is 119 Å². The van der Waals surface area contributed by atoms with Gasteiger partial charge in [0.2, 0.25) is 0 Å². The first kappa shape index (κ1) is 31.0. The van der Waals surface area contributed by atoms with E-state index in [1.165, 1.54) is 33.4 Å². The monoisotopic (exact) mass is 514 g/mol. The van der Waals surface area contributed by atoms with E-state index in [2.05, 4.69) is 119 Å². The molecule has 0 atom stereocenters. The van der Waals surface area contributed by atoms with Gasteiger partial charge in [0.15, 0.2) is 0 Å².